The number of aryl methyl sites for hydroxylation is 1. The van der Waals surface area contributed by atoms with Gasteiger partial charge in [-0.3, -0.25) is 4.79 Å². The van der Waals surface area contributed by atoms with Crippen LogP contribution in [0.3, 0.4) is 0 Å². The van der Waals surface area contributed by atoms with Gasteiger partial charge in [-0.15, -0.1) is 5.10 Å². The van der Waals surface area contributed by atoms with Crippen molar-refractivity contribution < 1.29 is 23.1 Å². The van der Waals surface area contributed by atoms with E-state index in [1.807, 2.05) is 25.1 Å². The minimum atomic E-state index is -3.95. The van der Waals surface area contributed by atoms with Gasteiger partial charge in [-0.1, -0.05) is 36.2 Å². The van der Waals surface area contributed by atoms with Gasteiger partial charge in [-0.05, 0) is 111 Å². The molecule has 2 aromatic carbocycles. The van der Waals surface area contributed by atoms with E-state index < -0.39 is 26.8 Å². The van der Waals surface area contributed by atoms with Gasteiger partial charge in [-0.2, -0.15) is 0 Å². The van der Waals surface area contributed by atoms with Crippen molar-refractivity contribution in [1.82, 2.24) is 19.7 Å². The number of anilines is 1. The third-order valence-corrected chi connectivity index (χ3v) is 12.7. The standard InChI is InChI=1S/C34H44ClN5O5S/c1-23-6-5-14-34(42,22-40-17-15-36-38-40)30-12-9-27(30)20-39-16-4-3-7-25-18-29(35)11-8-28(25)21-45-32-13-10-26(19-31(32)39)33(41)37-46(43,44)24(23)2/h8,10-11,13,15,17-19,23-24,27,30,42H,3-7,9,12,14,16,20-22H2,1-2H3,(H,37,41)/t23-,24+,27-,30+,34-/m0/s1. The molecule has 3 aromatic rings. The molecular formula is C34H44ClN5O5S. The Hall–Kier alpha value is -3.15. The van der Waals surface area contributed by atoms with E-state index in [9.17, 15) is 18.3 Å². The molecule has 1 amide bonds. The van der Waals surface area contributed by atoms with Crippen LogP contribution in [0.15, 0.2) is 48.8 Å². The Morgan fingerprint density at radius 2 is 1.93 bits per heavy atom. The van der Waals surface area contributed by atoms with E-state index in [2.05, 4.69) is 19.9 Å². The summed E-state index contributed by atoms with van der Waals surface area (Å²) >= 11 is 6.34. The van der Waals surface area contributed by atoms with Crippen LogP contribution in [-0.2, 0) is 29.6 Å². The summed E-state index contributed by atoms with van der Waals surface area (Å²) in [6.45, 7) is 5.60. The molecule has 3 heterocycles. The van der Waals surface area contributed by atoms with E-state index in [4.69, 9.17) is 16.3 Å². The highest BCUT2D eigenvalue weighted by Gasteiger charge is 2.47. The van der Waals surface area contributed by atoms with Gasteiger partial charge in [0, 0.05) is 29.9 Å². The first-order valence-corrected chi connectivity index (χ1v) is 18.4. The Kier molecular flexibility index (Phi) is 9.64. The number of hydrogen-bond acceptors (Lipinski definition) is 8. The topological polar surface area (TPSA) is 127 Å². The molecule has 1 aromatic heterocycles. The summed E-state index contributed by atoms with van der Waals surface area (Å²) in [5, 5.41) is 20.4. The van der Waals surface area contributed by atoms with Crippen LogP contribution in [0, 0.1) is 17.8 Å². The largest absolute Gasteiger partial charge is 0.487 e. The molecule has 2 N–H and O–H groups in total. The molecule has 0 spiro atoms. The number of benzene rings is 2. The van der Waals surface area contributed by atoms with E-state index in [1.54, 1.807) is 42.2 Å². The Balaban J connectivity index is 1.39. The lowest BCUT2D eigenvalue weighted by Crippen LogP contribution is -2.53. The Bertz CT molecular complexity index is 1650. The van der Waals surface area contributed by atoms with Gasteiger partial charge in [0.2, 0.25) is 10.0 Å². The van der Waals surface area contributed by atoms with Crippen molar-refractivity contribution in [3.8, 4) is 5.75 Å². The summed E-state index contributed by atoms with van der Waals surface area (Å²) in [4.78, 5) is 15.7. The number of carbonyl (C=O) groups is 1. The number of hydrogen-bond donors (Lipinski definition) is 2. The average Bonchev–Trinajstić information content (AvgIpc) is 3.50. The number of carbonyl (C=O) groups excluding carboxylic acids is 1. The molecule has 0 unspecified atom stereocenters. The van der Waals surface area contributed by atoms with Gasteiger partial charge in [0.1, 0.15) is 12.4 Å². The second kappa shape index (κ2) is 13.5. The number of ether oxygens (including phenoxy) is 1. The molecule has 10 nitrogen and oxygen atoms in total. The average molecular weight is 670 g/mol. The van der Waals surface area contributed by atoms with Crippen molar-refractivity contribution in [1.29, 1.82) is 0 Å². The predicted molar refractivity (Wildman–Crippen MR) is 177 cm³/mol. The highest BCUT2D eigenvalue weighted by molar-refractivity contribution is 7.90. The summed E-state index contributed by atoms with van der Waals surface area (Å²) in [7, 11) is -3.95. The smallest absolute Gasteiger partial charge is 0.264 e. The van der Waals surface area contributed by atoms with Crippen LogP contribution in [0.2, 0.25) is 5.02 Å². The van der Waals surface area contributed by atoms with Crippen LogP contribution < -0.4 is 14.4 Å². The molecular weight excluding hydrogens is 626 g/mol. The van der Waals surface area contributed by atoms with Crippen LogP contribution in [0.4, 0.5) is 5.69 Å². The van der Waals surface area contributed by atoms with Crippen LogP contribution >= 0.6 is 11.6 Å². The number of halogens is 1. The second-order valence-electron chi connectivity index (χ2n) is 13.5. The number of nitrogens with zero attached hydrogens (tertiary/aromatic N) is 4. The van der Waals surface area contributed by atoms with Crippen molar-refractivity contribution in [2.45, 2.75) is 89.2 Å². The number of amides is 1. The zero-order chi connectivity index (χ0) is 32.5. The molecule has 2 bridgehead atoms. The number of nitrogens with one attached hydrogen (secondary N) is 1. The van der Waals surface area contributed by atoms with E-state index in [1.165, 1.54) is 0 Å². The van der Waals surface area contributed by atoms with Gasteiger partial charge >= 0.3 is 0 Å². The third-order valence-electron chi connectivity index (χ3n) is 10.5. The van der Waals surface area contributed by atoms with Crippen LogP contribution in [0.5, 0.6) is 5.75 Å². The molecule has 2 aliphatic heterocycles. The van der Waals surface area contributed by atoms with E-state index in [0.29, 0.717) is 49.7 Å². The molecule has 0 radical (unpaired) electrons. The van der Waals surface area contributed by atoms with Gasteiger partial charge in [-0.25, -0.2) is 17.8 Å². The molecule has 5 atom stereocenters. The lowest BCUT2D eigenvalue weighted by atomic mass is 9.63. The maximum absolute atomic E-state index is 13.4. The highest BCUT2D eigenvalue weighted by atomic mass is 35.5. The minimum Gasteiger partial charge on any atom is -0.487 e. The van der Waals surface area contributed by atoms with Gasteiger partial charge < -0.3 is 14.7 Å². The molecule has 1 saturated carbocycles. The molecule has 3 aliphatic rings. The minimum absolute atomic E-state index is 0.0292. The van der Waals surface area contributed by atoms with Gasteiger partial charge in [0.05, 0.1) is 29.3 Å². The number of aromatic nitrogens is 3. The quantitative estimate of drug-likeness (QED) is 0.373. The number of rotatable bonds is 2. The number of sulfonamides is 1. The maximum Gasteiger partial charge on any atom is 0.264 e. The zero-order valence-electron chi connectivity index (χ0n) is 26.6. The van der Waals surface area contributed by atoms with Crippen molar-refractivity contribution in [3.05, 3.63) is 70.5 Å². The number of aliphatic hydroxyl groups is 1. The summed E-state index contributed by atoms with van der Waals surface area (Å²) in [6, 6.07) is 11.0. The first-order chi connectivity index (χ1) is 22.0. The molecule has 248 valence electrons. The summed E-state index contributed by atoms with van der Waals surface area (Å²) in [5.41, 5.74) is 2.21. The van der Waals surface area contributed by atoms with Gasteiger partial charge in [0.25, 0.3) is 5.91 Å². The maximum atomic E-state index is 13.4. The lowest BCUT2D eigenvalue weighted by Gasteiger charge is -2.49. The zero-order valence-corrected chi connectivity index (χ0v) is 28.1. The molecule has 1 aliphatic carbocycles. The van der Waals surface area contributed by atoms with Crippen LogP contribution in [0.25, 0.3) is 0 Å². The Labute approximate surface area is 276 Å². The Morgan fingerprint density at radius 1 is 1.09 bits per heavy atom. The molecule has 46 heavy (non-hydrogen) atoms. The predicted octanol–water partition coefficient (Wildman–Crippen LogP) is 5.38. The Morgan fingerprint density at radius 3 is 2.70 bits per heavy atom. The third kappa shape index (κ3) is 7.06. The summed E-state index contributed by atoms with van der Waals surface area (Å²) in [6.07, 6.45) is 9.74. The fourth-order valence-electron chi connectivity index (χ4n) is 7.39. The van der Waals surface area contributed by atoms with Gasteiger partial charge in [0.15, 0.2) is 0 Å². The van der Waals surface area contributed by atoms with Crippen molar-refractivity contribution in [2.24, 2.45) is 17.8 Å². The monoisotopic (exact) mass is 669 g/mol. The number of fused-ring (bicyclic) bond motifs is 3. The molecule has 12 heteroatoms. The highest BCUT2D eigenvalue weighted by Crippen LogP contribution is 2.46. The first kappa shape index (κ1) is 32.8. The summed E-state index contributed by atoms with van der Waals surface area (Å²) in [5.74, 6) is -0.00261. The fourth-order valence-corrected chi connectivity index (χ4v) is 8.89. The normalized spacial score (nSPS) is 28.8. The molecule has 0 saturated heterocycles. The van der Waals surface area contributed by atoms with Crippen molar-refractivity contribution in [2.75, 3.05) is 18.0 Å². The first-order valence-electron chi connectivity index (χ1n) is 16.4. The van der Waals surface area contributed by atoms with Crippen LogP contribution in [0.1, 0.15) is 80.3 Å². The fraction of sp³-hybridized carbons (Fsp3) is 0.559. The van der Waals surface area contributed by atoms with E-state index >= 15 is 0 Å². The van der Waals surface area contributed by atoms with E-state index in [0.717, 1.165) is 55.5 Å². The second-order valence-corrected chi connectivity index (χ2v) is 16.0. The van der Waals surface area contributed by atoms with Crippen molar-refractivity contribution >= 4 is 33.2 Å². The van der Waals surface area contributed by atoms with Crippen molar-refractivity contribution in [3.63, 3.8) is 0 Å². The summed E-state index contributed by atoms with van der Waals surface area (Å²) < 4.78 is 37.2. The SMILES string of the molecule is C[C@@H]1[C@@H](C)CCC[C@](O)(Cn2ccnn2)[C@@H]2CC[C@H]2CN2CCCCc3cc(Cl)ccc3COc3ccc(cc32)C(=O)NS1(=O)=O. The molecule has 6 rings (SSSR count). The van der Waals surface area contributed by atoms with E-state index in [-0.39, 0.29) is 23.3 Å². The van der Waals surface area contributed by atoms with Crippen LogP contribution in [-0.4, -0.2) is 58.4 Å². The lowest BCUT2D eigenvalue weighted by molar-refractivity contribution is -0.101. The molecule has 1 fully saturated rings.